The highest BCUT2D eigenvalue weighted by atomic mass is 19.1. The van der Waals surface area contributed by atoms with E-state index in [0.29, 0.717) is 69.3 Å². The molecule has 0 unspecified atom stereocenters. The Morgan fingerprint density at radius 3 is 2.66 bits per heavy atom. The van der Waals surface area contributed by atoms with E-state index in [1.807, 2.05) is 6.07 Å². The Balaban J connectivity index is 1.40. The number of nitrogens with zero attached hydrogens (tertiary/aromatic N) is 5. The molecule has 0 bridgehead atoms. The zero-order valence-corrected chi connectivity index (χ0v) is 19.2. The van der Waals surface area contributed by atoms with Crippen molar-refractivity contribution in [1.82, 2.24) is 14.9 Å². The molecule has 0 radical (unpaired) electrons. The maximum absolute atomic E-state index is 13.7. The van der Waals surface area contributed by atoms with E-state index >= 15 is 0 Å². The lowest BCUT2D eigenvalue weighted by Crippen LogP contribution is -2.42. The number of hydrogen-bond donors (Lipinski definition) is 1. The number of benzene rings is 2. The van der Waals surface area contributed by atoms with E-state index in [1.165, 1.54) is 12.1 Å². The van der Waals surface area contributed by atoms with Crippen LogP contribution in [-0.4, -0.2) is 53.7 Å². The highest BCUT2D eigenvalue weighted by Gasteiger charge is 2.28. The van der Waals surface area contributed by atoms with Gasteiger partial charge in [-0.1, -0.05) is 12.1 Å². The number of hydrogen-bond acceptors (Lipinski definition) is 6. The maximum Gasteiger partial charge on any atom is 0.322 e. The molecule has 0 atom stereocenters. The van der Waals surface area contributed by atoms with Crippen LogP contribution in [0.1, 0.15) is 28.2 Å². The van der Waals surface area contributed by atoms with Gasteiger partial charge in [0.05, 0.1) is 37.1 Å². The molecule has 178 valence electrons. The molecule has 1 fully saturated rings. The second kappa shape index (κ2) is 10.1. The molecule has 2 amide bonds. The zero-order chi connectivity index (χ0) is 24.2. The highest BCUT2D eigenvalue weighted by molar-refractivity contribution is 5.89. The SMILES string of the molecule is N#Cc1ccc(NC(=O)N2CCc3nc(Cc4cccc(F)c4)nc(N4CCOCC4)c3C2)cc1. The topological polar surface area (TPSA) is 94.4 Å². The number of morpholine rings is 1. The molecular weight excluding hydrogens is 447 g/mol. The zero-order valence-electron chi connectivity index (χ0n) is 19.2. The molecule has 1 N–H and O–H groups in total. The van der Waals surface area contributed by atoms with Crippen molar-refractivity contribution < 1.29 is 13.9 Å². The molecule has 8 nitrogen and oxygen atoms in total. The number of urea groups is 1. The molecule has 3 heterocycles. The van der Waals surface area contributed by atoms with Crippen LogP contribution in [0.25, 0.3) is 0 Å². The monoisotopic (exact) mass is 472 g/mol. The maximum atomic E-state index is 13.7. The molecule has 0 saturated carbocycles. The van der Waals surface area contributed by atoms with Gasteiger partial charge in [-0.05, 0) is 42.0 Å². The predicted octanol–water partition coefficient (Wildman–Crippen LogP) is 3.50. The average Bonchev–Trinajstić information content (AvgIpc) is 2.89. The van der Waals surface area contributed by atoms with E-state index in [9.17, 15) is 9.18 Å². The van der Waals surface area contributed by atoms with Crippen LogP contribution in [0.15, 0.2) is 48.5 Å². The number of carbonyl (C=O) groups excluding carboxylic acids is 1. The quantitative estimate of drug-likeness (QED) is 0.625. The number of halogens is 1. The molecule has 35 heavy (non-hydrogen) atoms. The number of carbonyl (C=O) groups is 1. The minimum atomic E-state index is -0.280. The van der Waals surface area contributed by atoms with Gasteiger partial charge in [0.25, 0.3) is 0 Å². The Kier molecular flexibility index (Phi) is 6.55. The molecule has 2 aromatic carbocycles. The van der Waals surface area contributed by atoms with Gasteiger partial charge in [0, 0.05) is 43.7 Å². The summed E-state index contributed by atoms with van der Waals surface area (Å²) >= 11 is 0. The van der Waals surface area contributed by atoms with Gasteiger partial charge in [0.2, 0.25) is 0 Å². The second-order valence-electron chi connectivity index (χ2n) is 8.59. The molecule has 0 spiro atoms. The molecule has 1 aromatic heterocycles. The standard InChI is InChI=1S/C26H25FN6O2/c27-20-3-1-2-19(14-20)15-24-30-23-8-9-33(26(34)29-21-6-4-18(16-28)5-7-21)17-22(23)25(31-24)32-10-12-35-13-11-32/h1-7,14H,8-13,15,17H2,(H,29,34). The van der Waals surface area contributed by atoms with Crippen molar-refractivity contribution in [3.63, 3.8) is 0 Å². The molecule has 0 aliphatic carbocycles. The lowest BCUT2D eigenvalue weighted by molar-refractivity contribution is 0.122. The van der Waals surface area contributed by atoms with Crippen molar-refractivity contribution in [2.75, 3.05) is 43.1 Å². The predicted molar refractivity (Wildman–Crippen MR) is 129 cm³/mol. The molecule has 5 rings (SSSR count). The van der Waals surface area contributed by atoms with Crippen LogP contribution in [0, 0.1) is 17.1 Å². The largest absolute Gasteiger partial charge is 0.378 e. The van der Waals surface area contributed by atoms with Crippen molar-refractivity contribution >= 4 is 17.5 Å². The summed E-state index contributed by atoms with van der Waals surface area (Å²) in [6.07, 6.45) is 1.04. The molecule has 3 aromatic rings. The summed E-state index contributed by atoms with van der Waals surface area (Å²) in [6, 6.07) is 15.1. The van der Waals surface area contributed by atoms with Crippen molar-refractivity contribution in [3.05, 3.63) is 82.6 Å². The van der Waals surface area contributed by atoms with Gasteiger partial charge in [-0.15, -0.1) is 0 Å². The van der Waals surface area contributed by atoms with E-state index in [2.05, 4.69) is 16.3 Å². The van der Waals surface area contributed by atoms with Gasteiger partial charge < -0.3 is 19.9 Å². The van der Waals surface area contributed by atoms with Gasteiger partial charge in [0.1, 0.15) is 17.5 Å². The van der Waals surface area contributed by atoms with Crippen LogP contribution >= 0.6 is 0 Å². The van der Waals surface area contributed by atoms with Gasteiger partial charge in [0.15, 0.2) is 0 Å². The Morgan fingerprint density at radius 2 is 1.91 bits per heavy atom. The van der Waals surface area contributed by atoms with E-state index in [0.717, 1.165) is 22.6 Å². The fourth-order valence-electron chi connectivity index (χ4n) is 4.40. The van der Waals surface area contributed by atoms with Crippen LogP contribution in [0.3, 0.4) is 0 Å². The Bertz CT molecular complexity index is 1270. The third-order valence-electron chi connectivity index (χ3n) is 6.20. The van der Waals surface area contributed by atoms with Crippen molar-refractivity contribution in [2.24, 2.45) is 0 Å². The fourth-order valence-corrected chi connectivity index (χ4v) is 4.40. The summed E-state index contributed by atoms with van der Waals surface area (Å²) in [5.41, 5.74) is 3.86. The van der Waals surface area contributed by atoms with Crippen LogP contribution < -0.4 is 10.2 Å². The number of amides is 2. The van der Waals surface area contributed by atoms with Crippen LogP contribution in [-0.2, 0) is 24.1 Å². The first-order chi connectivity index (χ1) is 17.1. The first-order valence-electron chi connectivity index (χ1n) is 11.6. The van der Waals surface area contributed by atoms with Gasteiger partial charge >= 0.3 is 6.03 Å². The Labute approximate surface area is 203 Å². The van der Waals surface area contributed by atoms with Gasteiger partial charge in [-0.2, -0.15) is 5.26 Å². The van der Waals surface area contributed by atoms with Crippen LogP contribution in [0.5, 0.6) is 0 Å². The van der Waals surface area contributed by atoms with Crippen LogP contribution in [0.2, 0.25) is 0 Å². The van der Waals surface area contributed by atoms with E-state index in [-0.39, 0.29) is 11.8 Å². The van der Waals surface area contributed by atoms with Crippen molar-refractivity contribution in [1.29, 1.82) is 5.26 Å². The highest BCUT2D eigenvalue weighted by Crippen LogP contribution is 2.28. The Morgan fingerprint density at radius 1 is 1.11 bits per heavy atom. The lowest BCUT2D eigenvalue weighted by Gasteiger charge is -2.34. The fraction of sp³-hybridized carbons (Fsp3) is 0.308. The number of rotatable bonds is 4. The number of ether oxygens (including phenoxy) is 1. The lowest BCUT2D eigenvalue weighted by atomic mass is 10.0. The minimum absolute atomic E-state index is 0.211. The molecule has 2 aliphatic rings. The number of fused-ring (bicyclic) bond motifs is 1. The number of anilines is 2. The first kappa shape index (κ1) is 22.7. The summed E-state index contributed by atoms with van der Waals surface area (Å²) in [5.74, 6) is 1.18. The summed E-state index contributed by atoms with van der Waals surface area (Å²) < 4.78 is 19.2. The second-order valence-corrected chi connectivity index (χ2v) is 8.59. The smallest absolute Gasteiger partial charge is 0.322 e. The average molecular weight is 473 g/mol. The molecule has 2 aliphatic heterocycles. The molecular formula is C26H25FN6O2. The third kappa shape index (κ3) is 5.23. The number of nitrogens with one attached hydrogen (secondary N) is 1. The van der Waals surface area contributed by atoms with Crippen molar-refractivity contribution in [3.8, 4) is 6.07 Å². The third-order valence-corrected chi connectivity index (χ3v) is 6.20. The summed E-state index contributed by atoms with van der Waals surface area (Å²) in [5, 5.41) is 11.9. The molecule has 9 heteroatoms. The summed E-state index contributed by atoms with van der Waals surface area (Å²) in [4.78, 5) is 26.6. The van der Waals surface area contributed by atoms with E-state index < -0.39 is 0 Å². The summed E-state index contributed by atoms with van der Waals surface area (Å²) in [6.45, 7) is 3.56. The minimum Gasteiger partial charge on any atom is -0.378 e. The Hall–Kier alpha value is -4.03. The first-order valence-corrected chi connectivity index (χ1v) is 11.6. The van der Waals surface area contributed by atoms with Gasteiger partial charge in [-0.3, -0.25) is 0 Å². The molecule has 1 saturated heterocycles. The van der Waals surface area contributed by atoms with Gasteiger partial charge in [-0.25, -0.2) is 19.2 Å². The normalized spacial score (nSPS) is 15.3. The number of nitriles is 1. The van der Waals surface area contributed by atoms with Crippen LogP contribution in [0.4, 0.5) is 20.7 Å². The van der Waals surface area contributed by atoms with Crippen molar-refractivity contribution in [2.45, 2.75) is 19.4 Å². The number of aromatic nitrogens is 2. The summed E-state index contributed by atoms with van der Waals surface area (Å²) in [7, 11) is 0. The van der Waals surface area contributed by atoms with E-state index in [4.69, 9.17) is 20.0 Å². The van der Waals surface area contributed by atoms with E-state index in [1.54, 1.807) is 35.2 Å².